The summed E-state index contributed by atoms with van der Waals surface area (Å²) >= 11 is 5.19. The van der Waals surface area contributed by atoms with Crippen LogP contribution in [0.4, 0.5) is 8.78 Å². The first kappa shape index (κ1) is 14.0. The first-order valence-electron chi connectivity index (χ1n) is 4.40. The van der Waals surface area contributed by atoms with Crippen LogP contribution in [0.3, 0.4) is 0 Å². The highest BCUT2D eigenvalue weighted by molar-refractivity contribution is 6.31. The van der Waals surface area contributed by atoms with Crippen molar-refractivity contribution in [3.8, 4) is 0 Å². The summed E-state index contributed by atoms with van der Waals surface area (Å²) in [6, 6.07) is 1.27. The summed E-state index contributed by atoms with van der Waals surface area (Å²) in [5.41, 5.74) is -0.892. The van der Waals surface area contributed by atoms with Crippen LogP contribution in [-0.4, -0.2) is 27.9 Å². The van der Waals surface area contributed by atoms with Gasteiger partial charge in [-0.1, -0.05) is 11.6 Å². The largest absolute Gasteiger partial charge is 0.480 e. The van der Waals surface area contributed by atoms with Crippen molar-refractivity contribution in [3.63, 3.8) is 0 Å². The number of carbonyl (C=O) groups is 3. The molecule has 0 amide bonds. The summed E-state index contributed by atoms with van der Waals surface area (Å²) in [6.45, 7) is 0. The van der Waals surface area contributed by atoms with Crippen LogP contribution < -0.4 is 0 Å². The van der Waals surface area contributed by atoms with Gasteiger partial charge in [-0.3, -0.25) is 14.4 Å². The van der Waals surface area contributed by atoms with E-state index in [-0.39, 0.29) is 0 Å². The second-order valence-electron chi connectivity index (χ2n) is 3.20. The van der Waals surface area contributed by atoms with Crippen molar-refractivity contribution >= 4 is 29.3 Å². The molecule has 2 N–H and O–H groups in total. The molecular formula is C10H5ClF2O5. The minimum atomic E-state index is -2.47. The fraction of sp³-hybridized carbons (Fsp3) is 0.100. The van der Waals surface area contributed by atoms with Crippen LogP contribution in [-0.2, 0) is 9.59 Å². The maximum absolute atomic E-state index is 13.4. The van der Waals surface area contributed by atoms with Crippen molar-refractivity contribution in [1.29, 1.82) is 0 Å². The molecule has 0 saturated heterocycles. The Kier molecular flexibility index (Phi) is 3.97. The van der Waals surface area contributed by atoms with E-state index in [1.165, 1.54) is 0 Å². The predicted molar refractivity (Wildman–Crippen MR) is 54.5 cm³/mol. The average molecular weight is 279 g/mol. The smallest absolute Gasteiger partial charge is 0.325 e. The first-order valence-corrected chi connectivity index (χ1v) is 4.78. The summed E-state index contributed by atoms with van der Waals surface area (Å²) in [4.78, 5) is 32.7. The number of carboxylic acids is 2. The Hall–Kier alpha value is -2.02. The van der Waals surface area contributed by atoms with Crippen molar-refractivity contribution in [3.05, 3.63) is 34.4 Å². The summed E-state index contributed by atoms with van der Waals surface area (Å²) in [7, 11) is 0. The molecule has 0 bridgehead atoms. The molecule has 18 heavy (non-hydrogen) atoms. The molecule has 0 unspecified atom stereocenters. The lowest BCUT2D eigenvalue weighted by molar-refractivity contribution is -0.151. The van der Waals surface area contributed by atoms with E-state index in [0.717, 1.165) is 0 Å². The number of carbonyl (C=O) groups excluding carboxylic acids is 1. The van der Waals surface area contributed by atoms with E-state index in [1.54, 1.807) is 0 Å². The fourth-order valence-electron chi connectivity index (χ4n) is 1.20. The van der Waals surface area contributed by atoms with Crippen molar-refractivity contribution < 1.29 is 33.4 Å². The van der Waals surface area contributed by atoms with Gasteiger partial charge in [0.25, 0.3) is 0 Å². The molecule has 1 rings (SSSR count). The van der Waals surface area contributed by atoms with E-state index in [2.05, 4.69) is 0 Å². The van der Waals surface area contributed by atoms with Gasteiger partial charge in [0, 0.05) is 0 Å². The van der Waals surface area contributed by atoms with Crippen molar-refractivity contribution in [2.75, 3.05) is 0 Å². The summed E-state index contributed by atoms with van der Waals surface area (Å²) in [6.07, 6.45) is 0. The summed E-state index contributed by atoms with van der Waals surface area (Å²) in [5, 5.41) is 16.1. The number of halogens is 3. The predicted octanol–water partition coefficient (Wildman–Crippen LogP) is 1.59. The molecule has 96 valence electrons. The maximum Gasteiger partial charge on any atom is 0.325 e. The normalized spacial score (nSPS) is 10.4. The molecule has 0 aliphatic carbocycles. The Labute approximate surface area is 104 Å². The molecule has 0 fully saturated rings. The number of hydrogen-bond donors (Lipinski definition) is 2. The van der Waals surface area contributed by atoms with Gasteiger partial charge >= 0.3 is 11.9 Å². The van der Waals surface area contributed by atoms with Crippen molar-refractivity contribution in [2.45, 2.75) is 0 Å². The zero-order chi connectivity index (χ0) is 14.0. The standard InChI is InChI=1S/C10H5ClF2O5/c11-6-4(12)2-1-3(7(6)13)8(14)5(9(15)16)10(17)18/h1-2,5H,(H,15,16)(H,17,18). The van der Waals surface area contributed by atoms with Gasteiger partial charge in [0.15, 0.2) is 11.6 Å². The van der Waals surface area contributed by atoms with Gasteiger partial charge in [-0.2, -0.15) is 0 Å². The van der Waals surface area contributed by atoms with Gasteiger partial charge in [0.2, 0.25) is 5.92 Å². The highest BCUT2D eigenvalue weighted by Gasteiger charge is 2.36. The second-order valence-corrected chi connectivity index (χ2v) is 3.57. The van der Waals surface area contributed by atoms with E-state index < -0.39 is 45.9 Å². The van der Waals surface area contributed by atoms with E-state index in [0.29, 0.717) is 12.1 Å². The molecule has 1 aromatic rings. The molecule has 5 nitrogen and oxygen atoms in total. The molecule has 8 heteroatoms. The van der Waals surface area contributed by atoms with Crippen LogP contribution in [0.15, 0.2) is 12.1 Å². The molecule has 0 radical (unpaired) electrons. The highest BCUT2D eigenvalue weighted by Crippen LogP contribution is 2.24. The Bertz CT molecular complexity index is 529. The number of rotatable bonds is 4. The molecular weight excluding hydrogens is 274 g/mol. The van der Waals surface area contributed by atoms with Crippen LogP contribution in [0.1, 0.15) is 10.4 Å². The van der Waals surface area contributed by atoms with Crippen LogP contribution in [0, 0.1) is 17.6 Å². The molecule has 0 aliphatic heterocycles. The molecule has 0 aromatic heterocycles. The molecule has 0 aliphatic rings. The van der Waals surface area contributed by atoms with Gasteiger partial charge in [-0.15, -0.1) is 0 Å². The zero-order valence-corrected chi connectivity index (χ0v) is 9.24. The number of aliphatic carboxylic acids is 2. The van der Waals surface area contributed by atoms with E-state index >= 15 is 0 Å². The third kappa shape index (κ3) is 2.45. The SMILES string of the molecule is O=C(O)C(C(=O)O)C(=O)c1ccc(F)c(Cl)c1F. The zero-order valence-electron chi connectivity index (χ0n) is 8.49. The minimum absolute atomic E-state index is 0.637. The van der Waals surface area contributed by atoms with Crippen molar-refractivity contribution in [1.82, 2.24) is 0 Å². The average Bonchev–Trinajstić information content (AvgIpc) is 2.24. The Balaban J connectivity index is 3.30. The summed E-state index contributed by atoms with van der Waals surface area (Å²) in [5.74, 6) is -10.5. The second kappa shape index (κ2) is 5.09. The summed E-state index contributed by atoms with van der Waals surface area (Å²) < 4.78 is 26.2. The fourth-order valence-corrected chi connectivity index (χ4v) is 1.37. The monoisotopic (exact) mass is 278 g/mol. The molecule has 1 aromatic carbocycles. The molecule has 0 spiro atoms. The molecule has 0 heterocycles. The maximum atomic E-state index is 13.4. The lowest BCUT2D eigenvalue weighted by Crippen LogP contribution is -2.32. The van der Waals surface area contributed by atoms with E-state index in [1.807, 2.05) is 0 Å². The number of carboxylic acid groups (broad SMARTS) is 2. The van der Waals surface area contributed by atoms with E-state index in [4.69, 9.17) is 21.8 Å². The quantitative estimate of drug-likeness (QED) is 0.496. The third-order valence-corrected chi connectivity index (χ3v) is 2.40. The van der Waals surface area contributed by atoms with Gasteiger partial charge in [-0.25, -0.2) is 8.78 Å². The van der Waals surface area contributed by atoms with Crippen molar-refractivity contribution in [2.24, 2.45) is 5.92 Å². The minimum Gasteiger partial charge on any atom is -0.480 e. The van der Waals surface area contributed by atoms with E-state index in [9.17, 15) is 23.2 Å². The van der Waals surface area contributed by atoms with Gasteiger partial charge < -0.3 is 10.2 Å². The topological polar surface area (TPSA) is 91.7 Å². The number of hydrogen-bond acceptors (Lipinski definition) is 3. The van der Waals surface area contributed by atoms with Crippen LogP contribution in [0.5, 0.6) is 0 Å². The van der Waals surface area contributed by atoms with Crippen LogP contribution >= 0.6 is 11.6 Å². The Morgan fingerprint density at radius 3 is 2.06 bits per heavy atom. The lowest BCUT2D eigenvalue weighted by Gasteiger charge is -2.08. The Morgan fingerprint density at radius 1 is 1.11 bits per heavy atom. The Morgan fingerprint density at radius 2 is 1.61 bits per heavy atom. The van der Waals surface area contributed by atoms with Gasteiger partial charge in [-0.05, 0) is 12.1 Å². The van der Waals surface area contributed by atoms with Gasteiger partial charge in [0.05, 0.1) is 5.56 Å². The highest BCUT2D eigenvalue weighted by atomic mass is 35.5. The number of Topliss-reactive ketones (excluding diaryl/α,β-unsaturated/α-hetero) is 1. The third-order valence-electron chi connectivity index (χ3n) is 2.06. The number of ketones is 1. The van der Waals surface area contributed by atoms with Crippen LogP contribution in [0.2, 0.25) is 5.02 Å². The molecule has 0 saturated carbocycles. The molecule has 0 atom stereocenters. The van der Waals surface area contributed by atoms with Gasteiger partial charge in [0.1, 0.15) is 10.8 Å². The number of benzene rings is 1. The first-order chi connectivity index (χ1) is 8.27. The lowest BCUT2D eigenvalue weighted by atomic mass is 9.97. The van der Waals surface area contributed by atoms with Crippen LogP contribution in [0.25, 0.3) is 0 Å².